The summed E-state index contributed by atoms with van der Waals surface area (Å²) in [6, 6.07) is 15.2. The molecule has 0 fully saturated rings. The van der Waals surface area contributed by atoms with E-state index in [2.05, 4.69) is 24.4 Å². The molecule has 0 amide bonds. The normalized spacial score (nSPS) is 11.9. The van der Waals surface area contributed by atoms with Gasteiger partial charge in [0.1, 0.15) is 0 Å². The van der Waals surface area contributed by atoms with Gasteiger partial charge < -0.3 is 10.4 Å². The molecule has 0 aromatic heterocycles. The molecule has 0 radical (unpaired) electrons. The number of carbonyl (C=O) groups is 1. The van der Waals surface area contributed by atoms with Gasteiger partial charge in [-0.25, -0.2) is 4.79 Å². The Balaban J connectivity index is 2.24. The van der Waals surface area contributed by atoms with Gasteiger partial charge in [-0.05, 0) is 30.2 Å². The standard InChI is InChI=1S/C16H16ClNO2/c1-2-15(11-6-4-3-5-7-11)18-12-8-9-14(17)13(10-12)16(19)20/h3-10,15,18H,2H2,1H3,(H,19,20). The molecule has 20 heavy (non-hydrogen) atoms. The van der Waals surface area contributed by atoms with Crippen LogP contribution in [0.3, 0.4) is 0 Å². The number of aromatic carboxylic acids is 1. The summed E-state index contributed by atoms with van der Waals surface area (Å²) in [6.45, 7) is 2.08. The number of anilines is 1. The summed E-state index contributed by atoms with van der Waals surface area (Å²) in [4.78, 5) is 11.1. The van der Waals surface area contributed by atoms with Crippen molar-refractivity contribution in [2.24, 2.45) is 0 Å². The quantitative estimate of drug-likeness (QED) is 0.845. The first-order chi connectivity index (χ1) is 9.61. The molecule has 1 atom stereocenters. The molecule has 0 bridgehead atoms. The van der Waals surface area contributed by atoms with E-state index in [0.717, 1.165) is 12.1 Å². The van der Waals surface area contributed by atoms with Gasteiger partial charge in [0.2, 0.25) is 0 Å². The van der Waals surface area contributed by atoms with Crippen molar-refractivity contribution in [1.29, 1.82) is 0 Å². The van der Waals surface area contributed by atoms with E-state index >= 15 is 0 Å². The number of benzene rings is 2. The lowest BCUT2D eigenvalue weighted by molar-refractivity contribution is 0.0697. The molecule has 0 aliphatic heterocycles. The van der Waals surface area contributed by atoms with E-state index in [-0.39, 0.29) is 16.6 Å². The zero-order valence-corrected chi connectivity index (χ0v) is 11.9. The predicted octanol–water partition coefficient (Wildman–Crippen LogP) is 4.60. The van der Waals surface area contributed by atoms with Crippen LogP contribution in [0.5, 0.6) is 0 Å². The number of carboxylic acids is 1. The van der Waals surface area contributed by atoms with Crippen LogP contribution in [0.1, 0.15) is 35.3 Å². The summed E-state index contributed by atoms with van der Waals surface area (Å²) in [6.07, 6.45) is 0.898. The van der Waals surface area contributed by atoms with Crippen molar-refractivity contribution in [3.05, 3.63) is 64.7 Å². The highest BCUT2D eigenvalue weighted by Crippen LogP contribution is 2.26. The maximum atomic E-state index is 11.1. The van der Waals surface area contributed by atoms with E-state index in [9.17, 15) is 4.79 Å². The number of halogens is 1. The Morgan fingerprint density at radius 1 is 1.25 bits per heavy atom. The van der Waals surface area contributed by atoms with Gasteiger partial charge in [-0.2, -0.15) is 0 Å². The van der Waals surface area contributed by atoms with Crippen LogP contribution < -0.4 is 5.32 Å². The fourth-order valence-corrected chi connectivity index (χ4v) is 2.28. The molecule has 0 aliphatic rings. The fourth-order valence-electron chi connectivity index (χ4n) is 2.09. The van der Waals surface area contributed by atoms with Gasteiger partial charge in [0, 0.05) is 5.69 Å². The Hall–Kier alpha value is -2.00. The number of nitrogens with one attached hydrogen (secondary N) is 1. The molecular formula is C16H16ClNO2. The van der Waals surface area contributed by atoms with E-state index < -0.39 is 5.97 Å². The first kappa shape index (κ1) is 14.4. The Labute approximate surface area is 123 Å². The predicted molar refractivity (Wildman–Crippen MR) is 81.5 cm³/mol. The summed E-state index contributed by atoms with van der Waals surface area (Å²) >= 11 is 5.87. The highest BCUT2D eigenvalue weighted by atomic mass is 35.5. The lowest BCUT2D eigenvalue weighted by Crippen LogP contribution is -2.10. The van der Waals surface area contributed by atoms with E-state index in [1.54, 1.807) is 18.2 Å². The van der Waals surface area contributed by atoms with Gasteiger partial charge in [0.25, 0.3) is 0 Å². The molecule has 0 saturated carbocycles. The molecule has 3 nitrogen and oxygen atoms in total. The molecule has 2 aromatic carbocycles. The monoisotopic (exact) mass is 289 g/mol. The molecule has 0 saturated heterocycles. The molecule has 2 rings (SSSR count). The first-order valence-corrected chi connectivity index (χ1v) is 6.84. The molecule has 0 heterocycles. The maximum Gasteiger partial charge on any atom is 0.337 e. The highest BCUT2D eigenvalue weighted by Gasteiger charge is 2.12. The van der Waals surface area contributed by atoms with Crippen molar-refractivity contribution in [3.8, 4) is 0 Å². The van der Waals surface area contributed by atoms with Gasteiger partial charge in [-0.3, -0.25) is 0 Å². The zero-order chi connectivity index (χ0) is 14.5. The van der Waals surface area contributed by atoms with E-state index in [1.807, 2.05) is 18.2 Å². The average Bonchev–Trinajstić information content (AvgIpc) is 2.47. The van der Waals surface area contributed by atoms with Crippen molar-refractivity contribution in [2.75, 3.05) is 5.32 Å². The second kappa shape index (κ2) is 6.44. The average molecular weight is 290 g/mol. The molecule has 1 unspecified atom stereocenters. The number of hydrogen-bond acceptors (Lipinski definition) is 2. The Morgan fingerprint density at radius 3 is 2.55 bits per heavy atom. The SMILES string of the molecule is CCC(Nc1ccc(Cl)c(C(=O)O)c1)c1ccccc1. The maximum absolute atomic E-state index is 11.1. The second-order valence-corrected chi connectivity index (χ2v) is 4.92. The van der Waals surface area contributed by atoms with Crippen molar-refractivity contribution in [2.45, 2.75) is 19.4 Å². The van der Waals surface area contributed by atoms with Gasteiger partial charge >= 0.3 is 5.97 Å². The molecule has 4 heteroatoms. The third-order valence-electron chi connectivity index (χ3n) is 3.15. The van der Waals surface area contributed by atoms with Crippen LogP contribution in [-0.4, -0.2) is 11.1 Å². The van der Waals surface area contributed by atoms with Crippen molar-refractivity contribution < 1.29 is 9.90 Å². The Kier molecular flexibility index (Phi) is 4.64. The van der Waals surface area contributed by atoms with Gasteiger partial charge in [0.15, 0.2) is 0 Å². The number of hydrogen-bond donors (Lipinski definition) is 2. The summed E-state index contributed by atoms with van der Waals surface area (Å²) in [5, 5.41) is 12.7. The van der Waals surface area contributed by atoms with Crippen LogP contribution in [0.25, 0.3) is 0 Å². The third-order valence-corrected chi connectivity index (χ3v) is 3.48. The van der Waals surface area contributed by atoms with Gasteiger partial charge in [-0.15, -0.1) is 0 Å². The summed E-state index contributed by atoms with van der Waals surface area (Å²) in [5.41, 5.74) is 2.03. The fraction of sp³-hybridized carbons (Fsp3) is 0.188. The van der Waals surface area contributed by atoms with Crippen molar-refractivity contribution >= 4 is 23.3 Å². The highest BCUT2D eigenvalue weighted by molar-refractivity contribution is 6.33. The Morgan fingerprint density at radius 2 is 1.95 bits per heavy atom. The molecule has 104 valence electrons. The van der Waals surface area contributed by atoms with Crippen LogP contribution in [0.2, 0.25) is 5.02 Å². The minimum Gasteiger partial charge on any atom is -0.478 e. The van der Waals surface area contributed by atoms with E-state index in [1.165, 1.54) is 5.56 Å². The van der Waals surface area contributed by atoms with Crippen LogP contribution in [0.4, 0.5) is 5.69 Å². The second-order valence-electron chi connectivity index (χ2n) is 4.52. The number of rotatable bonds is 5. The molecule has 2 N–H and O–H groups in total. The van der Waals surface area contributed by atoms with E-state index in [4.69, 9.17) is 16.7 Å². The van der Waals surface area contributed by atoms with Crippen molar-refractivity contribution in [1.82, 2.24) is 0 Å². The lowest BCUT2D eigenvalue weighted by atomic mass is 10.0. The molecule has 2 aromatic rings. The summed E-state index contributed by atoms with van der Waals surface area (Å²) < 4.78 is 0. The smallest absolute Gasteiger partial charge is 0.337 e. The Bertz CT molecular complexity index is 599. The summed E-state index contributed by atoms with van der Waals surface area (Å²) in [7, 11) is 0. The van der Waals surface area contributed by atoms with E-state index in [0.29, 0.717) is 0 Å². The van der Waals surface area contributed by atoms with Crippen molar-refractivity contribution in [3.63, 3.8) is 0 Å². The van der Waals surface area contributed by atoms with Crippen LogP contribution in [0.15, 0.2) is 48.5 Å². The van der Waals surface area contributed by atoms with Gasteiger partial charge in [0.05, 0.1) is 16.6 Å². The summed E-state index contributed by atoms with van der Waals surface area (Å²) in [5.74, 6) is -1.02. The van der Waals surface area contributed by atoms with Crippen LogP contribution >= 0.6 is 11.6 Å². The molecular weight excluding hydrogens is 274 g/mol. The topological polar surface area (TPSA) is 49.3 Å². The minimum atomic E-state index is -1.02. The largest absolute Gasteiger partial charge is 0.478 e. The lowest BCUT2D eigenvalue weighted by Gasteiger charge is -2.19. The van der Waals surface area contributed by atoms with Crippen LogP contribution in [0, 0.1) is 0 Å². The minimum absolute atomic E-state index is 0.111. The van der Waals surface area contributed by atoms with Gasteiger partial charge in [-0.1, -0.05) is 48.9 Å². The molecule has 0 spiro atoms. The first-order valence-electron chi connectivity index (χ1n) is 6.46. The van der Waals surface area contributed by atoms with Crippen LogP contribution in [-0.2, 0) is 0 Å². The zero-order valence-electron chi connectivity index (χ0n) is 11.1. The third kappa shape index (κ3) is 3.31. The molecule has 0 aliphatic carbocycles. The number of carboxylic acid groups (broad SMARTS) is 1.